The maximum absolute atomic E-state index is 13.8. The Balaban J connectivity index is 1.64. The molecule has 2 saturated heterocycles. The minimum Gasteiger partial charge on any atom is -0.481 e. The number of nitrogens with zero attached hydrogens (tertiary/aromatic N) is 1. The molecule has 6 heteroatoms. The Hall–Kier alpha value is -3.08. The molecule has 4 nitrogen and oxygen atoms in total. The van der Waals surface area contributed by atoms with Crippen LogP contribution >= 0.6 is 23.2 Å². The van der Waals surface area contributed by atoms with Crippen molar-refractivity contribution in [2.75, 3.05) is 6.54 Å². The summed E-state index contributed by atoms with van der Waals surface area (Å²) in [4.78, 5) is 28.7. The molecule has 35 heavy (non-hydrogen) atoms. The first-order valence-corrected chi connectivity index (χ1v) is 12.3. The van der Waals surface area contributed by atoms with Crippen LogP contribution in [-0.2, 0) is 26.5 Å². The van der Waals surface area contributed by atoms with Crippen LogP contribution in [0.2, 0.25) is 10.0 Å². The molecule has 0 aliphatic carbocycles. The number of carbonyl (C=O) groups is 2. The van der Waals surface area contributed by atoms with Crippen LogP contribution in [0.4, 0.5) is 0 Å². The van der Waals surface area contributed by atoms with Crippen molar-refractivity contribution in [2.45, 2.75) is 32.4 Å². The van der Waals surface area contributed by atoms with Gasteiger partial charge >= 0.3 is 0 Å². The number of Topliss-reactive ketones (excluding diaryl/α,β-unsaturated/α-hetero) is 1. The minimum absolute atomic E-state index is 0.267. The van der Waals surface area contributed by atoms with Gasteiger partial charge in [0.05, 0.1) is 0 Å². The topological polar surface area (TPSA) is 46.6 Å². The number of hydrogen-bond acceptors (Lipinski definition) is 3. The van der Waals surface area contributed by atoms with Crippen LogP contribution in [0.3, 0.4) is 0 Å². The molecular formula is C29H25Cl2NO3. The normalized spacial score (nSPS) is 21.0. The Morgan fingerprint density at radius 1 is 0.857 bits per heavy atom. The number of allylic oxidation sites excluding steroid dienone is 1. The standard InChI is InChI=1S/C29H25Cl2NO3/c1-19(2)26-28(18-32(27(34)25(28)33)16-20-6-4-3-5-7-20)17-29(35-26,21-8-12-23(30)13-9-21)22-10-14-24(31)15-11-22/h3-15H,16-18H2,1-2H3. The van der Waals surface area contributed by atoms with E-state index in [9.17, 15) is 9.59 Å². The SMILES string of the molecule is CC(C)=C1OC(c2ccc(Cl)cc2)(c2ccc(Cl)cc2)CC12CN(Cc1ccccc1)C(=O)C2=O. The predicted octanol–water partition coefficient (Wildman–Crippen LogP) is 6.55. The summed E-state index contributed by atoms with van der Waals surface area (Å²) in [7, 11) is 0. The summed E-state index contributed by atoms with van der Waals surface area (Å²) in [5.74, 6) is -0.329. The summed E-state index contributed by atoms with van der Waals surface area (Å²) in [6.07, 6.45) is 0.305. The number of ketones is 1. The number of ether oxygens (including phenoxy) is 1. The molecule has 0 N–H and O–H groups in total. The van der Waals surface area contributed by atoms with Crippen LogP contribution in [0.25, 0.3) is 0 Å². The van der Waals surface area contributed by atoms with E-state index in [1.807, 2.05) is 92.7 Å². The van der Waals surface area contributed by atoms with Crippen molar-refractivity contribution in [1.82, 2.24) is 4.90 Å². The van der Waals surface area contributed by atoms with Crippen LogP contribution in [0.15, 0.2) is 90.2 Å². The van der Waals surface area contributed by atoms with Gasteiger partial charge in [0.25, 0.3) is 5.91 Å². The molecule has 3 aromatic rings. The largest absolute Gasteiger partial charge is 0.481 e. The molecule has 2 fully saturated rings. The van der Waals surface area contributed by atoms with Gasteiger partial charge < -0.3 is 9.64 Å². The van der Waals surface area contributed by atoms with E-state index in [0.717, 1.165) is 22.3 Å². The molecule has 0 radical (unpaired) electrons. The molecule has 1 spiro atoms. The number of halogens is 2. The Morgan fingerprint density at radius 3 is 1.91 bits per heavy atom. The van der Waals surface area contributed by atoms with E-state index < -0.39 is 22.7 Å². The third-order valence-corrected chi connectivity index (χ3v) is 7.43. The molecule has 0 saturated carbocycles. The first-order chi connectivity index (χ1) is 16.7. The summed E-state index contributed by atoms with van der Waals surface area (Å²) in [5, 5.41) is 1.22. The highest BCUT2D eigenvalue weighted by atomic mass is 35.5. The fraction of sp³-hybridized carbons (Fsp3) is 0.241. The number of carbonyl (C=O) groups excluding carboxylic acids is 2. The fourth-order valence-electron chi connectivity index (χ4n) is 5.38. The molecule has 178 valence electrons. The van der Waals surface area contributed by atoms with Gasteiger partial charge in [-0.05, 0) is 49.2 Å². The molecule has 0 bridgehead atoms. The average molecular weight is 506 g/mol. The van der Waals surface area contributed by atoms with Crippen LogP contribution in [0.5, 0.6) is 0 Å². The van der Waals surface area contributed by atoms with Crippen LogP contribution in [0.1, 0.15) is 37.0 Å². The predicted molar refractivity (Wildman–Crippen MR) is 137 cm³/mol. The maximum atomic E-state index is 13.8. The maximum Gasteiger partial charge on any atom is 0.291 e. The lowest BCUT2D eigenvalue weighted by Gasteiger charge is -2.30. The molecule has 2 aliphatic heterocycles. The van der Waals surface area contributed by atoms with Gasteiger partial charge in [-0.25, -0.2) is 0 Å². The summed E-state index contributed by atoms with van der Waals surface area (Å²) in [6, 6.07) is 24.6. The average Bonchev–Trinajstić information content (AvgIpc) is 3.32. The molecule has 2 heterocycles. The van der Waals surface area contributed by atoms with Crippen molar-refractivity contribution >= 4 is 34.9 Å². The highest BCUT2D eigenvalue weighted by molar-refractivity contribution is 6.41. The van der Waals surface area contributed by atoms with Crippen molar-refractivity contribution in [3.63, 3.8) is 0 Å². The van der Waals surface area contributed by atoms with Gasteiger partial charge in [0.2, 0.25) is 5.78 Å². The number of likely N-dealkylation sites (tertiary alicyclic amines) is 1. The molecule has 1 unspecified atom stereocenters. The molecule has 1 atom stereocenters. The zero-order valence-electron chi connectivity index (χ0n) is 19.6. The first-order valence-electron chi connectivity index (χ1n) is 11.5. The van der Waals surface area contributed by atoms with Gasteiger partial charge in [-0.2, -0.15) is 0 Å². The van der Waals surface area contributed by atoms with Crippen LogP contribution < -0.4 is 0 Å². The van der Waals surface area contributed by atoms with E-state index in [1.165, 1.54) is 0 Å². The molecule has 3 aromatic carbocycles. The van der Waals surface area contributed by atoms with Crippen LogP contribution in [-0.4, -0.2) is 23.1 Å². The highest BCUT2D eigenvalue weighted by Gasteiger charge is 2.65. The zero-order valence-corrected chi connectivity index (χ0v) is 21.1. The Kier molecular flexibility index (Phi) is 5.98. The lowest BCUT2D eigenvalue weighted by Crippen LogP contribution is -2.34. The van der Waals surface area contributed by atoms with Crippen LogP contribution in [0, 0.1) is 5.41 Å². The third-order valence-electron chi connectivity index (χ3n) is 6.93. The molecular weight excluding hydrogens is 481 g/mol. The Labute approximate surface area is 215 Å². The number of amides is 1. The second-order valence-electron chi connectivity index (χ2n) is 9.51. The van der Waals surface area contributed by atoms with Gasteiger partial charge in [-0.15, -0.1) is 0 Å². The fourth-order valence-corrected chi connectivity index (χ4v) is 5.63. The first kappa shape index (κ1) is 23.7. The highest BCUT2D eigenvalue weighted by Crippen LogP contribution is 2.58. The van der Waals surface area contributed by atoms with Crippen molar-refractivity contribution in [1.29, 1.82) is 0 Å². The third kappa shape index (κ3) is 3.95. The summed E-state index contributed by atoms with van der Waals surface area (Å²) < 4.78 is 6.81. The quantitative estimate of drug-likeness (QED) is 0.377. The summed E-state index contributed by atoms with van der Waals surface area (Å²) in [6.45, 7) is 4.49. The van der Waals surface area contributed by atoms with Gasteiger partial charge in [0, 0.05) is 40.7 Å². The summed E-state index contributed by atoms with van der Waals surface area (Å²) in [5.41, 5.74) is 1.52. The van der Waals surface area contributed by atoms with E-state index >= 15 is 0 Å². The lowest BCUT2D eigenvalue weighted by atomic mass is 9.72. The Bertz CT molecular complexity index is 1270. The molecule has 5 rings (SSSR count). The smallest absolute Gasteiger partial charge is 0.291 e. The molecule has 0 aromatic heterocycles. The molecule has 1 amide bonds. The second-order valence-corrected chi connectivity index (χ2v) is 10.4. The van der Waals surface area contributed by atoms with Gasteiger partial charge in [-0.3, -0.25) is 9.59 Å². The number of rotatable bonds is 4. The van der Waals surface area contributed by atoms with Crippen molar-refractivity contribution in [2.24, 2.45) is 5.41 Å². The lowest BCUT2D eigenvalue weighted by molar-refractivity contribution is -0.142. The Morgan fingerprint density at radius 2 is 1.40 bits per heavy atom. The van der Waals surface area contributed by atoms with E-state index in [2.05, 4.69) is 0 Å². The van der Waals surface area contributed by atoms with E-state index in [0.29, 0.717) is 28.8 Å². The van der Waals surface area contributed by atoms with Gasteiger partial charge in [0.15, 0.2) is 5.60 Å². The number of benzene rings is 3. The van der Waals surface area contributed by atoms with Gasteiger partial charge in [0.1, 0.15) is 11.2 Å². The van der Waals surface area contributed by atoms with Crippen molar-refractivity contribution in [3.05, 3.63) is 117 Å². The molecule has 2 aliphatic rings. The van der Waals surface area contributed by atoms with Gasteiger partial charge in [-0.1, -0.05) is 77.8 Å². The van der Waals surface area contributed by atoms with E-state index in [1.54, 1.807) is 4.90 Å². The van der Waals surface area contributed by atoms with E-state index in [-0.39, 0.29) is 6.54 Å². The monoisotopic (exact) mass is 505 g/mol. The summed E-state index contributed by atoms with van der Waals surface area (Å²) >= 11 is 12.4. The zero-order chi connectivity index (χ0) is 24.8. The van der Waals surface area contributed by atoms with Crippen molar-refractivity contribution in [3.8, 4) is 0 Å². The minimum atomic E-state index is -1.08. The number of hydrogen-bond donors (Lipinski definition) is 0. The second kappa shape index (κ2) is 8.85. The van der Waals surface area contributed by atoms with E-state index in [4.69, 9.17) is 27.9 Å². The van der Waals surface area contributed by atoms with Crippen molar-refractivity contribution < 1.29 is 14.3 Å².